The Labute approximate surface area is 302 Å². The van der Waals surface area contributed by atoms with E-state index in [1.807, 2.05) is 54.3 Å². The topological polar surface area (TPSA) is 175 Å². The highest BCUT2D eigenvalue weighted by Gasteiger charge is 2.24. The normalized spacial score (nSPS) is 15.3. The highest BCUT2D eigenvalue weighted by atomic mass is 79.9. The number of halogens is 1. The number of aryl methyl sites for hydroxylation is 1. The summed E-state index contributed by atoms with van der Waals surface area (Å²) in [5.41, 5.74) is 0.0921. The van der Waals surface area contributed by atoms with Crippen LogP contribution in [0.15, 0.2) is 42.5 Å². The molecule has 2 N–H and O–H groups in total. The fraction of sp³-hybridized carbons (Fsp3) is 0.543. The molecule has 0 saturated carbocycles. The Bertz CT molecular complexity index is 1520. The van der Waals surface area contributed by atoms with E-state index < -0.39 is 17.6 Å². The number of hydrogen-bond acceptors (Lipinski definition) is 10. The first kappa shape index (κ1) is 41.9. The lowest BCUT2D eigenvalue weighted by Crippen LogP contribution is -2.40. The van der Waals surface area contributed by atoms with Crippen LogP contribution in [0.3, 0.4) is 0 Å². The van der Waals surface area contributed by atoms with Crippen molar-refractivity contribution in [2.75, 3.05) is 19.0 Å². The minimum Gasteiger partial charge on any atom is -0.460 e. The molecule has 0 radical (unpaired) electrons. The molecule has 4 rings (SSSR count). The second-order valence-corrected chi connectivity index (χ2v) is 13.4. The Hall–Kier alpha value is -4.24. The molecule has 3 aromatic rings. The van der Waals surface area contributed by atoms with Gasteiger partial charge in [-0.3, -0.25) is 24.0 Å². The number of piperidine rings is 1. The number of fused-ring (bicyclic) bond motifs is 1. The summed E-state index contributed by atoms with van der Waals surface area (Å²) in [7, 11) is 1.60. The van der Waals surface area contributed by atoms with Gasteiger partial charge in [-0.25, -0.2) is 4.68 Å². The maximum atomic E-state index is 12.6. The van der Waals surface area contributed by atoms with E-state index in [9.17, 15) is 24.0 Å². The van der Waals surface area contributed by atoms with E-state index in [-0.39, 0.29) is 29.5 Å². The quantitative estimate of drug-likeness (QED) is 0.139. The lowest BCUT2D eigenvalue weighted by molar-refractivity contribution is -0.156. The number of likely N-dealkylation sites (tertiary alicyclic amines) is 1. The summed E-state index contributed by atoms with van der Waals surface area (Å²) in [5, 5.41) is 19.0. The van der Waals surface area contributed by atoms with Gasteiger partial charge in [0.15, 0.2) is 11.6 Å². The predicted octanol–water partition coefficient (Wildman–Crippen LogP) is 4.00. The van der Waals surface area contributed by atoms with Crippen LogP contribution in [0.25, 0.3) is 10.8 Å². The molecular formula is C35H50BrN7O7. The molecule has 1 aliphatic heterocycles. The molecule has 3 atom stereocenters. The fourth-order valence-electron chi connectivity index (χ4n) is 5.04. The number of methoxy groups -OCH3 is 1. The third-order valence-corrected chi connectivity index (χ3v) is 8.19. The van der Waals surface area contributed by atoms with Gasteiger partial charge in [0.25, 0.3) is 5.91 Å². The molecule has 1 aromatic heterocycles. The van der Waals surface area contributed by atoms with Crippen LogP contribution in [0.2, 0.25) is 0 Å². The van der Waals surface area contributed by atoms with E-state index in [4.69, 9.17) is 9.47 Å². The zero-order valence-electron chi connectivity index (χ0n) is 29.8. The van der Waals surface area contributed by atoms with Gasteiger partial charge in [0.1, 0.15) is 12.3 Å². The molecule has 50 heavy (non-hydrogen) atoms. The molecule has 1 saturated heterocycles. The minimum atomic E-state index is -0.827. The molecular weight excluding hydrogens is 710 g/mol. The number of carbonyl (C=O) groups is 5. The number of nitrogens with one attached hydrogen (secondary N) is 2. The van der Waals surface area contributed by atoms with E-state index in [0.29, 0.717) is 31.2 Å². The number of esters is 1. The van der Waals surface area contributed by atoms with Crippen molar-refractivity contribution < 1.29 is 33.4 Å². The maximum absolute atomic E-state index is 12.6. The molecule has 2 aromatic carbocycles. The Morgan fingerprint density at radius 3 is 2.44 bits per heavy atom. The van der Waals surface area contributed by atoms with Crippen molar-refractivity contribution in [2.24, 2.45) is 0 Å². The Balaban J connectivity index is 0.000000296. The second kappa shape index (κ2) is 21.8. The minimum absolute atomic E-state index is 0.000775. The van der Waals surface area contributed by atoms with E-state index in [1.165, 1.54) is 19.3 Å². The van der Waals surface area contributed by atoms with Crippen LogP contribution in [0.4, 0.5) is 0 Å². The van der Waals surface area contributed by atoms with E-state index in [0.717, 1.165) is 36.0 Å². The van der Waals surface area contributed by atoms with Crippen LogP contribution in [0.5, 0.6) is 0 Å². The number of aromatic nitrogens is 4. The lowest BCUT2D eigenvalue weighted by Gasteiger charge is -2.29. The molecule has 0 spiro atoms. The number of nitrogens with zero attached hydrogens (tertiary/aromatic N) is 5. The predicted molar refractivity (Wildman–Crippen MR) is 192 cm³/mol. The summed E-state index contributed by atoms with van der Waals surface area (Å²) >= 11 is 2.98. The van der Waals surface area contributed by atoms with Crippen molar-refractivity contribution in [1.82, 2.24) is 35.7 Å². The standard InChI is InChI=1S/C18H21N5O2.C10H16BrNO4.C7H13NO/c1-13(10-11-17-20-21-22-23(17)12-25-2)19-18(24)16-9-5-7-14-6-3-4-8-15(14)16;1-10(2,3)16-9(15)4-7(12-6-13)8(14)5-11;1-7-4-2-3-5-8(7)6-9/h3-9,13H,10-12H2,1-2H3,(H,19,24);6-7H,4-5H2,1-3H3,(H,12,13);6-7H,2-5H2,1H3. The van der Waals surface area contributed by atoms with Gasteiger partial charge < -0.3 is 25.0 Å². The molecule has 1 fully saturated rings. The second-order valence-electron chi connectivity index (χ2n) is 12.9. The smallest absolute Gasteiger partial charge is 0.308 e. The summed E-state index contributed by atoms with van der Waals surface area (Å²) in [4.78, 5) is 57.8. The molecule has 3 unspecified atom stereocenters. The van der Waals surface area contributed by atoms with Crippen molar-refractivity contribution in [3.8, 4) is 0 Å². The number of carbonyl (C=O) groups excluding carboxylic acids is 5. The van der Waals surface area contributed by atoms with Gasteiger partial charge in [-0.15, -0.1) is 5.10 Å². The van der Waals surface area contributed by atoms with Crippen LogP contribution >= 0.6 is 15.9 Å². The number of alkyl halides is 1. The first-order valence-electron chi connectivity index (χ1n) is 16.6. The van der Waals surface area contributed by atoms with Crippen molar-refractivity contribution in [3.05, 3.63) is 53.9 Å². The van der Waals surface area contributed by atoms with Gasteiger partial charge in [-0.1, -0.05) is 52.3 Å². The average molecular weight is 761 g/mol. The first-order valence-corrected chi connectivity index (χ1v) is 17.7. The fourth-order valence-corrected chi connectivity index (χ4v) is 5.43. The highest BCUT2D eigenvalue weighted by molar-refractivity contribution is 9.09. The van der Waals surface area contributed by atoms with Crippen LogP contribution in [-0.4, -0.2) is 98.3 Å². The van der Waals surface area contributed by atoms with Crippen molar-refractivity contribution in [1.29, 1.82) is 0 Å². The maximum Gasteiger partial charge on any atom is 0.308 e. The van der Waals surface area contributed by atoms with Crippen molar-refractivity contribution >= 4 is 57.2 Å². The number of amides is 3. The van der Waals surface area contributed by atoms with Gasteiger partial charge >= 0.3 is 5.97 Å². The molecule has 274 valence electrons. The van der Waals surface area contributed by atoms with Crippen LogP contribution in [0.1, 0.15) is 82.9 Å². The lowest BCUT2D eigenvalue weighted by atomic mass is 10.0. The Morgan fingerprint density at radius 2 is 1.82 bits per heavy atom. The number of ether oxygens (including phenoxy) is 2. The summed E-state index contributed by atoms with van der Waals surface area (Å²) in [6, 6.07) is 13.3. The van der Waals surface area contributed by atoms with Gasteiger partial charge in [0.05, 0.1) is 17.8 Å². The molecule has 3 amide bonds. The monoisotopic (exact) mass is 759 g/mol. The number of rotatable bonds is 14. The van der Waals surface area contributed by atoms with Gasteiger partial charge in [-0.2, -0.15) is 0 Å². The molecule has 14 nitrogen and oxygen atoms in total. The summed E-state index contributed by atoms with van der Waals surface area (Å²) in [6.45, 7) is 10.6. The van der Waals surface area contributed by atoms with Crippen LogP contribution in [-0.2, 0) is 41.8 Å². The van der Waals surface area contributed by atoms with Gasteiger partial charge in [-0.05, 0) is 87.6 Å². The number of hydrogen-bond donors (Lipinski definition) is 2. The molecule has 15 heteroatoms. The first-order chi connectivity index (χ1) is 23.8. The number of Topliss-reactive ketones (excluding diaryl/α,β-unsaturated/α-hetero) is 1. The molecule has 0 aliphatic carbocycles. The van der Waals surface area contributed by atoms with Gasteiger partial charge in [0.2, 0.25) is 12.8 Å². The Kier molecular flexibility index (Phi) is 18.2. The number of benzene rings is 2. The number of tetrazole rings is 1. The van der Waals surface area contributed by atoms with E-state index >= 15 is 0 Å². The summed E-state index contributed by atoms with van der Waals surface area (Å²) in [5.74, 6) is -0.104. The van der Waals surface area contributed by atoms with E-state index in [2.05, 4.69) is 49.0 Å². The molecule has 1 aliphatic rings. The Morgan fingerprint density at radius 1 is 1.10 bits per heavy atom. The molecule has 0 bridgehead atoms. The largest absolute Gasteiger partial charge is 0.460 e. The summed E-state index contributed by atoms with van der Waals surface area (Å²) in [6.07, 6.45) is 6.25. The SMILES string of the molecule is CC(C)(C)OC(=O)CC(NC=O)C(=O)CBr.CC1CCCCN1C=O.COCn1nnnc1CCC(C)NC(=O)c1cccc2ccccc12. The average Bonchev–Trinajstić information content (AvgIpc) is 3.53. The van der Waals surface area contributed by atoms with Crippen molar-refractivity contribution in [2.45, 2.75) is 104 Å². The zero-order chi connectivity index (χ0) is 37.1. The van der Waals surface area contributed by atoms with Crippen molar-refractivity contribution in [3.63, 3.8) is 0 Å². The van der Waals surface area contributed by atoms with Gasteiger partial charge in [0, 0.05) is 37.7 Å². The third kappa shape index (κ3) is 14.7. The third-order valence-electron chi connectivity index (χ3n) is 7.64. The summed E-state index contributed by atoms with van der Waals surface area (Å²) < 4.78 is 11.7. The van der Waals surface area contributed by atoms with E-state index in [1.54, 1.807) is 32.6 Å². The molecule has 2 heterocycles. The van der Waals surface area contributed by atoms with Crippen LogP contribution in [0, 0.1) is 0 Å². The number of ketones is 1. The zero-order valence-corrected chi connectivity index (χ0v) is 31.3. The van der Waals surface area contributed by atoms with Crippen LogP contribution < -0.4 is 10.6 Å². The highest BCUT2D eigenvalue weighted by Crippen LogP contribution is 2.19.